The Kier molecular flexibility index (Phi) is 4.23. The molecule has 0 radical (unpaired) electrons. The zero-order valence-electron chi connectivity index (χ0n) is 15.9. The molecule has 2 aromatic heterocycles. The van der Waals surface area contributed by atoms with Crippen LogP contribution in [0.3, 0.4) is 0 Å². The number of fused-ring (bicyclic) bond motifs is 1. The number of aromatic nitrogens is 2. The number of para-hydroxylation sites is 1. The fraction of sp³-hybridized carbons (Fsp3) is 0.364. The minimum absolute atomic E-state index is 0.0967. The van der Waals surface area contributed by atoms with Crippen LogP contribution in [0.5, 0.6) is 5.75 Å². The van der Waals surface area contributed by atoms with Crippen molar-refractivity contribution in [3.63, 3.8) is 0 Å². The Morgan fingerprint density at radius 2 is 1.86 bits per heavy atom. The second kappa shape index (κ2) is 6.78. The van der Waals surface area contributed by atoms with Crippen molar-refractivity contribution in [1.82, 2.24) is 14.5 Å². The molecule has 1 saturated heterocycles. The Labute approximate surface area is 168 Å². The largest absolute Gasteiger partial charge is 0.487 e. The molecule has 4 heterocycles. The summed E-state index contributed by atoms with van der Waals surface area (Å²) >= 11 is 1.47. The maximum atomic E-state index is 13.1. The number of carbonyl (C=O) groups is 1. The highest BCUT2D eigenvalue weighted by molar-refractivity contribution is 7.16. The Bertz CT molecular complexity index is 1000. The molecule has 1 spiro atoms. The molecule has 5 nitrogen and oxygen atoms in total. The van der Waals surface area contributed by atoms with Gasteiger partial charge < -0.3 is 14.2 Å². The number of hydrogen-bond donors (Lipinski definition) is 0. The molecule has 144 valence electrons. The van der Waals surface area contributed by atoms with Crippen LogP contribution in [0.2, 0.25) is 0 Å². The van der Waals surface area contributed by atoms with Gasteiger partial charge in [-0.15, -0.1) is 0 Å². The molecule has 2 aliphatic heterocycles. The Hall–Kier alpha value is -2.60. The average molecular weight is 394 g/mol. The summed E-state index contributed by atoms with van der Waals surface area (Å²) in [6.07, 6.45) is 7.76. The van der Waals surface area contributed by atoms with Crippen molar-refractivity contribution in [2.75, 3.05) is 13.1 Å². The SMILES string of the molecule is Cc1nc(-n2cccc2)sc1C(=O)N1CCC2(CCc3ccccc3O2)CC1. The molecule has 1 fully saturated rings. The first-order valence-electron chi connectivity index (χ1n) is 9.81. The molecule has 28 heavy (non-hydrogen) atoms. The van der Waals surface area contributed by atoms with Crippen LogP contribution in [0.25, 0.3) is 5.13 Å². The van der Waals surface area contributed by atoms with E-state index in [1.165, 1.54) is 16.9 Å². The number of likely N-dealkylation sites (tertiary alicyclic amines) is 1. The third-order valence-electron chi connectivity index (χ3n) is 5.92. The smallest absolute Gasteiger partial charge is 0.265 e. The van der Waals surface area contributed by atoms with E-state index in [1.54, 1.807) is 0 Å². The van der Waals surface area contributed by atoms with Gasteiger partial charge in [0, 0.05) is 38.3 Å². The molecular weight excluding hydrogens is 370 g/mol. The number of piperidine rings is 1. The predicted molar refractivity (Wildman–Crippen MR) is 109 cm³/mol. The van der Waals surface area contributed by atoms with Crippen molar-refractivity contribution in [3.05, 3.63) is 64.9 Å². The number of hydrogen-bond acceptors (Lipinski definition) is 4. The van der Waals surface area contributed by atoms with Gasteiger partial charge >= 0.3 is 0 Å². The summed E-state index contributed by atoms with van der Waals surface area (Å²) in [5.74, 6) is 1.11. The lowest BCUT2D eigenvalue weighted by atomic mass is 9.83. The van der Waals surface area contributed by atoms with Crippen LogP contribution in [0.1, 0.15) is 40.2 Å². The van der Waals surface area contributed by atoms with E-state index in [-0.39, 0.29) is 11.5 Å². The van der Waals surface area contributed by atoms with E-state index in [0.29, 0.717) is 0 Å². The van der Waals surface area contributed by atoms with Crippen molar-refractivity contribution >= 4 is 17.2 Å². The molecule has 0 bridgehead atoms. The van der Waals surface area contributed by atoms with Crippen LogP contribution in [0, 0.1) is 6.92 Å². The van der Waals surface area contributed by atoms with Crippen LogP contribution in [-0.4, -0.2) is 39.0 Å². The molecule has 0 aliphatic carbocycles. The van der Waals surface area contributed by atoms with Gasteiger partial charge in [-0.1, -0.05) is 29.5 Å². The van der Waals surface area contributed by atoms with Crippen LogP contribution in [0.15, 0.2) is 48.8 Å². The van der Waals surface area contributed by atoms with Crippen LogP contribution in [-0.2, 0) is 6.42 Å². The van der Waals surface area contributed by atoms with Gasteiger partial charge in [0.1, 0.15) is 16.2 Å². The van der Waals surface area contributed by atoms with E-state index in [1.807, 2.05) is 47.0 Å². The lowest BCUT2D eigenvalue weighted by Gasteiger charge is -2.44. The van der Waals surface area contributed by atoms with E-state index in [4.69, 9.17) is 4.74 Å². The van der Waals surface area contributed by atoms with Crippen molar-refractivity contribution in [1.29, 1.82) is 0 Å². The Morgan fingerprint density at radius 1 is 1.11 bits per heavy atom. The molecule has 5 rings (SSSR count). The van der Waals surface area contributed by atoms with E-state index in [0.717, 1.165) is 60.2 Å². The lowest BCUT2D eigenvalue weighted by Crippen LogP contribution is -2.51. The van der Waals surface area contributed by atoms with Gasteiger partial charge in [-0.25, -0.2) is 4.98 Å². The van der Waals surface area contributed by atoms with Gasteiger partial charge in [-0.3, -0.25) is 4.79 Å². The molecule has 1 aromatic carbocycles. The van der Waals surface area contributed by atoms with Gasteiger partial charge in [-0.2, -0.15) is 0 Å². The van der Waals surface area contributed by atoms with Gasteiger partial charge in [0.15, 0.2) is 5.13 Å². The minimum Gasteiger partial charge on any atom is -0.487 e. The van der Waals surface area contributed by atoms with Crippen molar-refractivity contribution < 1.29 is 9.53 Å². The number of ether oxygens (including phenoxy) is 1. The summed E-state index contributed by atoms with van der Waals surface area (Å²) in [6, 6.07) is 12.2. The van der Waals surface area contributed by atoms with Crippen molar-refractivity contribution in [3.8, 4) is 10.9 Å². The monoisotopic (exact) mass is 393 g/mol. The highest BCUT2D eigenvalue weighted by atomic mass is 32.1. The van der Waals surface area contributed by atoms with Crippen LogP contribution in [0.4, 0.5) is 0 Å². The molecule has 0 atom stereocenters. The van der Waals surface area contributed by atoms with Gasteiger partial charge in [-0.05, 0) is 43.5 Å². The standard InChI is InChI=1S/C22H23N3O2S/c1-16-19(28-21(23-16)25-12-4-5-13-25)20(26)24-14-10-22(11-15-24)9-8-17-6-2-3-7-18(17)27-22/h2-7,12-13H,8-11,14-15H2,1H3. The lowest BCUT2D eigenvalue weighted by molar-refractivity contribution is -0.0105. The number of carbonyl (C=O) groups excluding carboxylic acids is 1. The molecule has 6 heteroatoms. The average Bonchev–Trinajstić information content (AvgIpc) is 3.38. The maximum Gasteiger partial charge on any atom is 0.265 e. The summed E-state index contributed by atoms with van der Waals surface area (Å²) in [5, 5.41) is 0.839. The van der Waals surface area contributed by atoms with Gasteiger partial charge in [0.25, 0.3) is 5.91 Å². The second-order valence-electron chi connectivity index (χ2n) is 7.69. The zero-order chi connectivity index (χ0) is 19.1. The van der Waals surface area contributed by atoms with Gasteiger partial charge in [0.05, 0.1) is 5.69 Å². The molecule has 0 unspecified atom stereocenters. The normalized spacial score (nSPS) is 18.0. The number of nitrogens with zero attached hydrogens (tertiary/aromatic N) is 3. The van der Waals surface area contributed by atoms with Crippen molar-refractivity contribution in [2.24, 2.45) is 0 Å². The first-order valence-corrected chi connectivity index (χ1v) is 10.6. The van der Waals surface area contributed by atoms with Gasteiger partial charge in [0.2, 0.25) is 0 Å². The second-order valence-corrected chi connectivity index (χ2v) is 8.66. The number of thiazole rings is 1. The van der Waals surface area contributed by atoms with E-state index in [9.17, 15) is 4.79 Å². The number of rotatable bonds is 2. The van der Waals surface area contributed by atoms with Crippen LogP contribution >= 0.6 is 11.3 Å². The Balaban J connectivity index is 1.29. The fourth-order valence-corrected chi connectivity index (χ4v) is 5.22. The zero-order valence-corrected chi connectivity index (χ0v) is 16.7. The summed E-state index contributed by atoms with van der Waals surface area (Å²) in [6.45, 7) is 3.39. The fourth-order valence-electron chi connectivity index (χ4n) is 4.22. The van der Waals surface area contributed by atoms with E-state index >= 15 is 0 Å². The summed E-state index contributed by atoms with van der Waals surface area (Å²) in [4.78, 5) is 20.4. The molecular formula is C22H23N3O2S. The minimum atomic E-state index is -0.121. The van der Waals surface area contributed by atoms with E-state index < -0.39 is 0 Å². The molecule has 2 aliphatic rings. The maximum absolute atomic E-state index is 13.1. The molecule has 3 aromatic rings. The first-order chi connectivity index (χ1) is 13.6. The number of benzene rings is 1. The highest BCUT2D eigenvalue weighted by Gasteiger charge is 2.40. The summed E-state index contributed by atoms with van der Waals surface area (Å²) in [7, 11) is 0. The summed E-state index contributed by atoms with van der Waals surface area (Å²) in [5.41, 5.74) is 1.98. The number of amides is 1. The third-order valence-corrected chi connectivity index (χ3v) is 7.07. The highest BCUT2D eigenvalue weighted by Crippen LogP contribution is 2.39. The summed E-state index contributed by atoms with van der Waals surface area (Å²) < 4.78 is 8.37. The number of aryl methyl sites for hydroxylation is 2. The first kappa shape index (κ1) is 17.5. The van der Waals surface area contributed by atoms with Crippen LogP contribution < -0.4 is 4.74 Å². The van der Waals surface area contributed by atoms with E-state index in [2.05, 4.69) is 23.2 Å². The molecule has 0 N–H and O–H groups in total. The molecule has 0 saturated carbocycles. The molecule has 1 amide bonds. The van der Waals surface area contributed by atoms with Crippen molar-refractivity contribution in [2.45, 2.75) is 38.2 Å². The quantitative estimate of drug-likeness (QED) is 0.654. The third kappa shape index (κ3) is 3.02. The Morgan fingerprint density at radius 3 is 2.64 bits per heavy atom. The topological polar surface area (TPSA) is 47.4 Å². The predicted octanol–water partition coefficient (Wildman–Crippen LogP) is 4.24.